The number of hydrogen-bond acceptors (Lipinski definition) is 2. The fraction of sp³-hybridized carbons (Fsp3) is 0.353. The molecule has 4 heteroatoms. The van der Waals surface area contributed by atoms with Gasteiger partial charge in [0.05, 0.1) is 0 Å². The van der Waals surface area contributed by atoms with Crippen molar-refractivity contribution in [1.29, 1.82) is 0 Å². The molecule has 1 aliphatic heterocycles. The number of fused-ring (bicyclic) bond motifs is 1. The smallest absolute Gasteiger partial charge is 0.251 e. The number of rotatable bonds is 3. The molecule has 2 N–H and O–H groups in total. The Morgan fingerprint density at radius 2 is 2.00 bits per heavy atom. The Morgan fingerprint density at radius 1 is 1.19 bits per heavy atom. The van der Waals surface area contributed by atoms with E-state index in [0.29, 0.717) is 12.6 Å². The summed E-state index contributed by atoms with van der Waals surface area (Å²) >= 11 is 3.46. The highest BCUT2D eigenvalue weighted by atomic mass is 79.9. The first-order chi connectivity index (χ1) is 10.2. The zero-order valence-corrected chi connectivity index (χ0v) is 13.4. The predicted octanol–water partition coefficient (Wildman–Crippen LogP) is 3.47. The molecule has 2 aromatic carbocycles. The molecule has 1 atom stereocenters. The summed E-state index contributed by atoms with van der Waals surface area (Å²) in [5.74, 6) is 0.00666. The summed E-state index contributed by atoms with van der Waals surface area (Å²) in [6.07, 6.45) is 3.63. The first kappa shape index (κ1) is 14.5. The summed E-state index contributed by atoms with van der Waals surface area (Å²) in [5, 5.41) is 8.69. The topological polar surface area (TPSA) is 41.1 Å². The monoisotopic (exact) mass is 346 g/mol. The van der Waals surface area contributed by atoms with E-state index in [2.05, 4.69) is 32.6 Å². The number of carbonyl (C=O) groups is 1. The molecule has 0 aromatic heterocycles. The van der Waals surface area contributed by atoms with E-state index in [1.807, 2.05) is 30.3 Å². The Labute approximate surface area is 133 Å². The van der Waals surface area contributed by atoms with Gasteiger partial charge in [-0.3, -0.25) is 4.79 Å². The van der Waals surface area contributed by atoms with Crippen molar-refractivity contribution in [3.63, 3.8) is 0 Å². The van der Waals surface area contributed by atoms with Crippen LogP contribution in [0.15, 0.2) is 40.9 Å². The van der Waals surface area contributed by atoms with Crippen molar-refractivity contribution in [3.05, 3.63) is 46.4 Å². The lowest BCUT2D eigenvalue weighted by Crippen LogP contribution is -2.43. The number of benzene rings is 2. The number of piperidine rings is 1. The second kappa shape index (κ2) is 6.58. The van der Waals surface area contributed by atoms with E-state index in [0.717, 1.165) is 33.8 Å². The third kappa shape index (κ3) is 3.63. The maximum Gasteiger partial charge on any atom is 0.251 e. The van der Waals surface area contributed by atoms with Crippen molar-refractivity contribution in [1.82, 2.24) is 10.6 Å². The van der Waals surface area contributed by atoms with Gasteiger partial charge < -0.3 is 10.6 Å². The van der Waals surface area contributed by atoms with E-state index in [-0.39, 0.29) is 5.91 Å². The van der Waals surface area contributed by atoms with E-state index >= 15 is 0 Å². The van der Waals surface area contributed by atoms with Crippen molar-refractivity contribution in [3.8, 4) is 0 Å². The van der Waals surface area contributed by atoms with Crippen LogP contribution in [0.1, 0.15) is 29.6 Å². The van der Waals surface area contributed by atoms with Crippen LogP contribution in [0.2, 0.25) is 0 Å². The maximum atomic E-state index is 12.2. The van der Waals surface area contributed by atoms with Crippen LogP contribution in [0.25, 0.3) is 10.8 Å². The molecule has 21 heavy (non-hydrogen) atoms. The van der Waals surface area contributed by atoms with E-state index in [1.54, 1.807) is 0 Å². The van der Waals surface area contributed by atoms with Gasteiger partial charge in [0.15, 0.2) is 0 Å². The molecule has 0 aliphatic carbocycles. The predicted molar refractivity (Wildman–Crippen MR) is 89.6 cm³/mol. The van der Waals surface area contributed by atoms with Gasteiger partial charge in [-0.15, -0.1) is 0 Å². The Morgan fingerprint density at radius 3 is 2.81 bits per heavy atom. The van der Waals surface area contributed by atoms with Gasteiger partial charge in [-0.1, -0.05) is 34.5 Å². The second-order valence-electron chi connectivity index (χ2n) is 5.56. The van der Waals surface area contributed by atoms with Crippen LogP contribution in [0.5, 0.6) is 0 Å². The van der Waals surface area contributed by atoms with Crippen LogP contribution in [-0.2, 0) is 0 Å². The zero-order valence-electron chi connectivity index (χ0n) is 11.9. The minimum atomic E-state index is 0.00666. The fourth-order valence-corrected chi connectivity index (χ4v) is 3.15. The highest BCUT2D eigenvalue weighted by molar-refractivity contribution is 9.10. The average molecular weight is 347 g/mol. The van der Waals surface area contributed by atoms with Crippen molar-refractivity contribution in [2.45, 2.75) is 25.3 Å². The van der Waals surface area contributed by atoms with Gasteiger partial charge >= 0.3 is 0 Å². The maximum absolute atomic E-state index is 12.2. The molecule has 1 heterocycles. The number of halogens is 1. The van der Waals surface area contributed by atoms with Crippen molar-refractivity contribution >= 4 is 32.6 Å². The fourth-order valence-electron chi connectivity index (χ4n) is 2.77. The van der Waals surface area contributed by atoms with Crippen LogP contribution in [-0.4, -0.2) is 25.0 Å². The lowest BCUT2D eigenvalue weighted by atomic mass is 10.0. The molecule has 1 aliphatic rings. The molecule has 3 nitrogen and oxygen atoms in total. The third-order valence-corrected chi connectivity index (χ3v) is 4.48. The Hall–Kier alpha value is -1.39. The van der Waals surface area contributed by atoms with Gasteiger partial charge in [0.2, 0.25) is 0 Å². The van der Waals surface area contributed by atoms with Gasteiger partial charge in [0.25, 0.3) is 5.91 Å². The number of amides is 1. The van der Waals surface area contributed by atoms with E-state index in [9.17, 15) is 4.79 Å². The quantitative estimate of drug-likeness (QED) is 0.893. The van der Waals surface area contributed by atoms with E-state index in [4.69, 9.17) is 0 Å². The highest BCUT2D eigenvalue weighted by Crippen LogP contribution is 2.21. The molecule has 2 aromatic rings. The number of hydrogen-bond donors (Lipinski definition) is 2. The Balaban J connectivity index is 1.67. The van der Waals surface area contributed by atoms with Gasteiger partial charge in [-0.25, -0.2) is 0 Å². The third-order valence-electron chi connectivity index (χ3n) is 3.99. The highest BCUT2D eigenvalue weighted by Gasteiger charge is 2.14. The first-order valence-corrected chi connectivity index (χ1v) is 8.22. The summed E-state index contributed by atoms with van der Waals surface area (Å²) in [7, 11) is 0. The number of carbonyl (C=O) groups excluding carboxylic acids is 1. The Kier molecular flexibility index (Phi) is 4.56. The van der Waals surface area contributed by atoms with Crippen molar-refractivity contribution < 1.29 is 4.79 Å². The molecule has 110 valence electrons. The number of nitrogens with one attached hydrogen (secondary N) is 2. The molecule has 1 saturated heterocycles. The molecule has 0 radical (unpaired) electrons. The van der Waals surface area contributed by atoms with E-state index < -0.39 is 0 Å². The van der Waals surface area contributed by atoms with Crippen LogP contribution < -0.4 is 10.6 Å². The molecule has 1 fully saturated rings. The Bertz CT molecular complexity index is 650. The lowest BCUT2D eigenvalue weighted by Gasteiger charge is -2.23. The minimum Gasteiger partial charge on any atom is -0.350 e. The molecule has 0 bridgehead atoms. The van der Waals surface area contributed by atoms with Gasteiger partial charge in [0.1, 0.15) is 0 Å². The summed E-state index contributed by atoms with van der Waals surface area (Å²) < 4.78 is 1.05. The summed E-state index contributed by atoms with van der Waals surface area (Å²) in [6, 6.07) is 12.3. The standard InChI is InChI=1S/C17H19BrN2O/c18-15-7-6-12-9-14(5-4-13(12)10-15)17(21)20-11-16-3-1-2-8-19-16/h4-7,9-10,16,19H,1-3,8,11H2,(H,20,21). The zero-order chi connectivity index (χ0) is 14.7. The average Bonchev–Trinajstić information content (AvgIpc) is 2.53. The van der Waals surface area contributed by atoms with Gasteiger partial charge in [-0.05, 0) is 54.4 Å². The van der Waals surface area contributed by atoms with Crippen LogP contribution in [0, 0.1) is 0 Å². The van der Waals surface area contributed by atoms with Crippen molar-refractivity contribution in [2.24, 2.45) is 0 Å². The summed E-state index contributed by atoms with van der Waals surface area (Å²) in [4.78, 5) is 12.2. The van der Waals surface area contributed by atoms with Gasteiger partial charge in [-0.2, -0.15) is 0 Å². The molecule has 0 saturated carbocycles. The van der Waals surface area contributed by atoms with Crippen LogP contribution in [0.3, 0.4) is 0 Å². The van der Waals surface area contributed by atoms with Crippen LogP contribution >= 0.6 is 15.9 Å². The minimum absolute atomic E-state index is 0.00666. The normalized spacial score (nSPS) is 18.6. The largest absolute Gasteiger partial charge is 0.350 e. The summed E-state index contributed by atoms with van der Waals surface area (Å²) in [5.41, 5.74) is 0.723. The molecule has 3 rings (SSSR count). The van der Waals surface area contributed by atoms with Crippen molar-refractivity contribution in [2.75, 3.05) is 13.1 Å². The van der Waals surface area contributed by atoms with Crippen LogP contribution in [0.4, 0.5) is 0 Å². The molecule has 1 amide bonds. The molecule has 1 unspecified atom stereocenters. The summed E-state index contributed by atoms with van der Waals surface area (Å²) in [6.45, 7) is 1.77. The second-order valence-corrected chi connectivity index (χ2v) is 6.48. The SMILES string of the molecule is O=C(NCC1CCCCN1)c1ccc2cc(Br)ccc2c1. The van der Waals surface area contributed by atoms with Gasteiger partial charge in [0, 0.05) is 22.6 Å². The molecule has 0 spiro atoms. The lowest BCUT2D eigenvalue weighted by molar-refractivity contribution is 0.0948. The first-order valence-electron chi connectivity index (χ1n) is 7.43. The molecular formula is C17H19BrN2O. The molecular weight excluding hydrogens is 328 g/mol. The van der Waals surface area contributed by atoms with E-state index in [1.165, 1.54) is 12.8 Å².